The molecule has 0 radical (unpaired) electrons. The highest BCUT2D eigenvalue weighted by atomic mass is 28.3. The third-order valence-corrected chi connectivity index (χ3v) is 4.44. The third-order valence-electron chi connectivity index (χ3n) is 3.57. The minimum Gasteiger partial charge on any atom is -0.481 e. The van der Waals surface area contributed by atoms with Crippen LogP contribution in [0.25, 0.3) is 0 Å². The highest BCUT2D eigenvalue weighted by Crippen LogP contribution is 2.44. The van der Waals surface area contributed by atoms with Gasteiger partial charge >= 0.3 is 5.97 Å². The van der Waals surface area contributed by atoms with Gasteiger partial charge in [-0.2, -0.15) is 0 Å². The van der Waals surface area contributed by atoms with Crippen LogP contribution in [-0.4, -0.2) is 46.6 Å². The molecule has 21 heavy (non-hydrogen) atoms. The maximum Gasteiger partial charge on any atom is 0.308 e. The minimum atomic E-state index is -2.11. The van der Waals surface area contributed by atoms with Crippen molar-refractivity contribution >= 4 is 14.0 Å². The predicted molar refractivity (Wildman–Crippen MR) is 77.6 cm³/mol. The standard InChI is InChI=1S/C13H21NO6Si/c1-21(2,3)7-6-12(9-14(19)20)4-5-13(17,18)8-10(12)11(15)16/h10,17-18H,4-5,8-9H2,1-3H3,(H,15,16). The van der Waals surface area contributed by atoms with Crippen LogP contribution < -0.4 is 0 Å². The third kappa shape index (κ3) is 4.80. The van der Waals surface area contributed by atoms with Crippen molar-refractivity contribution in [3.8, 4) is 11.5 Å². The van der Waals surface area contributed by atoms with Crippen LogP contribution in [0.2, 0.25) is 19.6 Å². The Labute approximate surface area is 124 Å². The number of carbonyl (C=O) groups is 1. The van der Waals surface area contributed by atoms with Crippen molar-refractivity contribution in [2.75, 3.05) is 6.54 Å². The molecule has 1 fully saturated rings. The van der Waals surface area contributed by atoms with E-state index in [0.29, 0.717) is 0 Å². The number of aliphatic hydroxyl groups is 2. The van der Waals surface area contributed by atoms with Crippen molar-refractivity contribution in [1.29, 1.82) is 0 Å². The number of hydrogen-bond donors (Lipinski definition) is 3. The summed E-state index contributed by atoms with van der Waals surface area (Å²) in [5.74, 6) is -1.82. The van der Waals surface area contributed by atoms with E-state index < -0.39 is 49.1 Å². The summed E-state index contributed by atoms with van der Waals surface area (Å²) >= 11 is 0. The van der Waals surface area contributed by atoms with Crippen LogP contribution in [0.15, 0.2) is 0 Å². The fraction of sp³-hybridized carbons (Fsp3) is 0.769. The molecule has 0 spiro atoms. The van der Waals surface area contributed by atoms with Gasteiger partial charge in [-0.25, -0.2) is 0 Å². The van der Waals surface area contributed by atoms with Gasteiger partial charge in [0.1, 0.15) is 13.5 Å². The molecule has 1 aliphatic rings. The summed E-state index contributed by atoms with van der Waals surface area (Å²) in [7, 11) is -1.84. The number of rotatable bonds is 3. The molecule has 0 saturated heterocycles. The van der Waals surface area contributed by atoms with Crippen molar-refractivity contribution in [2.45, 2.75) is 44.7 Å². The normalized spacial score (nSPS) is 28.3. The van der Waals surface area contributed by atoms with Crippen molar-refractivity contribution < 1.29 is 25.0 Å². The number of carboxylic acid groups (broad SMARTS) is 1. The molecular weight excluding hydrogens is 294 g/mol. The second-order valence-electron chi connectivity index (χ2n) is 6.72. The maximum absolute atomic E-state index is 11.5. The molecule has 0 amide bonds. The Bertz CT molecular complexity index is 501. The molecular formula is C13H21NO6Si. The van der Waals surface area contributed by atoms with Gasteiger partial charge in [0.2, 0.25) is 6.54 Å². The van der Waals surface area contributed by atoms with Crippen LogP contribution in [0, 0.1) is 32.9 Å². The summed E-state index contributed by atoms with van der Waals surface area (Å²) in [5, 5.41) is 39.6. The number of aliphatic carboxylic acids is 1. The second kappa shape index (κ2) is 5.75. The van der Waals surface area contributed by atoms with Gasteiger partial charge in [-0.1, -0.05) is 25.6 Å². The quantitative estimate of drug-likeness (QED) is 0.232. The van der Waals surface area contributed by atoms with E-state index in [9.17, 15) is 30.2 Å². The van der Waals surface area contributed by atoms with Gasteiger partial charge in [-0.05, 0) is 6.42 Å². The zero-order chi connectivity index (χ0) is 16.5. The average molecular weight is 315 g/mol. The van der Waals surface area contributed by atoms with Gasteiger partial charge in [0.25, 0.3) is 0 Å². The van der Waals surface area contributed by atoms with E-state index in [1.165, 1.54) is 0 Å². The Morgan fingerprint density at radius 3 is 2.38 bits per heavy atom. The molecule has 1 rings (SSSR count). The number of nitro groups is 1. The van der Waals surface area contributed by atoms with Crippen LogP contribution in [0.4, 0.5) is 0 Å². The Morgan fingerprint density at radius 2 is 1.95 bits per heavy atom. The lowest BCUT2D eigenvalue weighted by molar-refractivity contribution is -0.497. The monoisotopic (exact) mass is 315 g/mol. The van der Waals surface area contributed by atoms with Crippen LogP contribution in [0.3, 0.4) is 0 Å². The first-order valence-corrected chi connectivity index (χ1v) is 10.2. The van der Waals surface area contributed by atoms with Crippen molar-refractivity contribution in [3.05, 3.63) is 10.1 Å². The van der Waals surface area contributed by atoms with Gasteiger partial charge in [0, 0.05) is 17.8 Å². The molecule has 0 aromatic carbocycles. The molecule has 0 bridgehead atoms. The van der Waals surface area contributed by atoms with Gasteiger partial charge in [0.15, 0.2) is 5.79 Å². The Hall–Kier alpha value is -1.43. The van der Waals surface area contributed by atoms with Crippen LogP contribution in [0.5, 0.6) is 0 Å². The maximum atomic E-state index is 11.5. The Morgan fingerprint density at radius 1 is 1.38 bits per heavy atom. The first kappa shape index (κ1) is 17.6. The van der Waals surface area contributed by atoms with E-state index in [4.69, 9.17) is 0 Å². The molecule has 1 aliphatic carbocycles. The van der Waals surface area contributed by atoms with Gasteiger partial charge < -0.3 is 15.3 Å². The molecule has 2 unspecified atom stereocenters. The van der Waals surface area contributed by atoms with E-state index in [-0.39, 0.29) is 12.8 Å². The summed E-state index contributed by atoms with van der Waals surface area (Å²) in [4.78, 5) is 21.8. The molecule has 0 aliphatic heterocycles. The molecule has 118 valence electrons. The summed E-state index contributed by atoms with van der Waals surface area (Å²) in [6.45, 7) is 5.28. The summed E-state index contributed by atoms with van der Waals surface area (Å²) in [6.07, 6.45) is -0.586. The van der Waals surface area contributed by atoms with Crippen molar-refractivity contribution in [1.82, 2.24) is 0 Å². The minimum absolute atomic E-state index is 0.0184. The topological polar surface area (TPSA) is 121 Å². The highest BCUT2D eigenvalue weighted by Gasteiger charge is 2.54. The zero-order valence-electron chi connectivity index (χ0n) is 12.4. The summed E-state index contributed by atoms with van der Waals surface area (Å²) < 4.78 is 0. The molecule has 0 aromatic rings. The summed E-state index contributed by atoms with van der Waals surface area (Å²) in [6, 6.07) is 0. The van der Waals surface area contributed by atoms with Crippen LogP contribution in [0.1, 0.15) is 19.3 Å². The first-order chi connectivity index (χ1) is 9.37. The number of nitrogens with zero attached hydrogens (tertiary/aromatic N) is 1. The van der Waals surface area contributed by atoms with Crippen LogP contribution in [-0.2, 0) is 4.79 Å². The van der Waals surface area contributed by atoms with Gasteiger partial charge in [0.05, 0.1) is 5.92 Å². The second-order valence-corrected chi connectivity index (χ2v) is 11.5. The van der Waals surface area contributed by atoms with Crippen LogP contribution >= 0.6 is 0 Å². The predicted octanol–water partition coefficient (Wildman–Crippen LogP) is 0.696. The first-order valence-electron chi connectivity index (χ1n) is 6.71. The molecule has 2 atom stereocenters. The lowest BCUT2D eigenvalue weighted by Crippen LogP contribution is -2.51. The molecule has 3 N–H and O–H groups in total. The molecule has 0 aromatic heterocycles. The van der Waals surface area contributed by atoms with Gasteiger partial charge in [-0.3, -0.25) is 14.9 Å². The SMILES string of the molecule is C[Si](C)(C)C#CC1(C[N+](=O)[O-])CCC(O)(O)CC1C(=O)O. The highest BCUT2D eigenvalue weighted by molar-refractivity contribution is 6.83. The number of carboxylic acids is 1. The lowest BCUT2D eigenvalue weighted by Gasteiger charge is -2.40. The van der Waals surface area contributed by atoms with E-state index in [0.717, 1.165) is 0 Å². The van der Waals surface area contributed by atoms with E-state index in [1.807, 2.05) is 19.6 Å². The average Bonchev–Trinajstić information content (AvgIpc) is 2.28. The molecule has 7 nitrogen and oxygen atoms in total. The number of hydrogen-bond acceptors (Lipinski definition) is 5. The van der Waals surface area contributed by atoms with Gasteiger partial charge in [-0.15, -0.1) is 5.54 Å². The summed E-state index contributed by atoms with van der Waals surface area (Å²) in [5.41, 5.74) is 1.67. The molecule has 0 heterocycles. The van der Waals surface area contributed by atoms with E-state index >= 15 is 0 Å². The van der Waals surface area contributed by atoms with Crippen molar-refractivity contribution in [3.63, 3.8) is 0 Å². The van der Waals surface area contributed by atoms with Crippen molar-refractivity contribution in [2.24, 2.45) is 11.3 Å². The Balaban J connectivity index is 3.29. The molecule has 1 saturated carbocycles. The van der Waals surface area contributed by atoms with E-state index in [2.05, 4.69) is 11.5 Å². The largest absolute Gasteiger partial charge is 0.481 e. The lowest BCUT2D eigenvalue weighted by atomic mass is 9.65. The fourth-order valence-corrected chi connectivity index (χ4v) is 3.09. The zero-order valence-corrected chi connectivity index (χ0v) is 13.4. The fourth-order valence-electron chi connectivity index (χ4n) is 2.47. The van der Waals surface area contributed by atoms with E-state index in [1.54, 1.807) is 0 Å². The Kier molecular flexibility index (Phi) is 4.82. The molecule has 8 heteroatoms. The smallest absolute Gasteiger partial charge is 0.308 e.